The molecule has 0 aliphatic heterocycles. The predicted molar refractivity (Wildman–Crippen MR) is 93.2 cm³/mol. The molecule has 6 nitrogen and oxygen atoms in total. The summed E-state index contributed by atoms with van der Waals surface area (Å²) < 4.78 is 5.71. The van der Waals surface area contributed by atoms with Crippen LogP contribution >= 0.6 is 0 Å². The zero-order valence-electron chi connectivity index (χ0n) is 14.4. The van der Waals surface area contributed by atoms with Crippen molar-refractivity contribution in [3.63, 3.8) is 0 Å². The molecule has 0 aliphatic rings. The van der Waals surface area contributed by atoms with Crippen molar-refractivity contribution in [3.05, 3.63) is 59.9 Å². The van der Waals surface area contributed by atoms with Crippen molar-refractivity contribution in [1.82, 2.24) is 10.3 Å². The van der Waals surface area contributed by atoms with Gasteiger partial charge in [0.2, 0.25) is 5.91 Å². The zero-order valence-corrected chi connectivity index (χ0v) is 14.4. The fourth-order valence-corrected chi connectivity index (χ4v) is 2.23. The van der Waals surface area contributed by atoms with Crippen LogP contribution in [0.5, 0.6) is 5.75 Å². The normalized spacial score (nSPS) is 12.9. The van der Waals surface area contributed by atoms with E-state index in [1.165, 1.54) is 6.92 Å². The molecule has 0 aliphatic carbocycles. The zero-order chi connectivity index (χ0) is 18.3. The molecule has 0 fully saturated rings. The van der Waals surface area contributed by atoms with Gasteiger partial charge in [-0.25, -0.2) is 4.79 Å². The Morgan fingerprint density at radius 3 is 2.64 bits per heavy atom. The highest BCUT2D eigenvalue weighted by molar-refractivity contribution is 5.87. The second-order valence-corrected chi connectivity index (χ2v) is 6.01. The summed E-state index contributed by atoms with van der Waals surface area (Å²) in [5, 5.41) is 11.8. The fraction of sp³-hybridized carbons (Fsp3) is 0.316. The van der Waals surface area contributed by atoms with E-state index in [1.54, 1.807) is 37.5 Å². The van der Waals surface area contributed by atoms with Crippen molar-refractivity contribution in [1.29, 1.82) is 0 Å². The van der Waals surface area contributed by atoms with Gasteiger partial charge >= 0.3 is 5.97 Å². The van der Waals surface area contributed by atoms with Gasteiger partial charge in [-0.15, -0.1) is 0 Å². The van der Waals surface area contributed by atoms with Crippen molar-refractivity contribution in [2.75, 3.05) is 0 Å². The molecule has 1 heterocycles. The number of hydrogen-bond donors (Lipinski definition) is 2. The topological polar surface area (TPSA) is 88.5 Å². The average molecular weight is 342 g/mol. The van der Waals surface area contributed by atoms with E-state index in [9.17, 15) is 14.7 Å². The molecule has 1 atom stereocenters. The van der Waals surface area contributed by atoms with Crippen LogP contribution in [0.2, 0.25) is 0 Å². The van der Waals surface area contributed by atoms with Gasteiger partial charge in [0.05, 0.1) is 6.42 Å². The molecule has 2 rings (SSSR count). The highest BCUT2D eigenvalue weighted by Gasteiger charge is 2.32. The van der Waals surface area contributed by atoms with E-state index in [2.05, 4.69) is 10.3 Å². The number of benzene rings is 1. The number of amides is 1. The number of aliphatic carboxylic acids is 1. The molecule has 25 heavy (non-hydrogen) atoms. The minimum atomic E-state index is -1.26. The van der Waals surface area contributed by atoms with Gasteiger partial charge in [0, 0.05) is 18.0 Å². The summed E-state index contributed by atoms with van der Waals surface area (Å²) in [5.41, 5.74) is 0.446. The van der Waals surface area contributed by atoms with Gasteiger partial charge in [-0.05, 0) is 37.1 Å². The number of rotatable bonds is 8. The summed E-state index contributed by atoms with van der Waals surface area (Å²) in [4.78, 5) is 27.5. The SMILES string of the molecule is CCC(C)(NC(=O)Cc1cccc(OCc2cccnc2)c1)C(=O)O. The summed E-state index contributed by atoms with van der Waals surface area (Å²) in [7, 11) is 0. The van der Waals surface area contributed by atoms with Crippen molar-refractivity contribution in [2.24, 2.45) is 0 Å². The Kier molecular flexibility index (Phi) is 6.11. The van der Waals surface area contributed by atoms with Gasteiger partial charge in [0.15, 0.2) is 0 Å². The third-order valence-electron chi connectivity index (χ3n) is 3.99. The maximum atomic E-state index is 12.2. The average Bonchev–Trinajstić information content (AvgIpc) is 2.60. The number of ether oxygens (including phenoxy) is 1. The first-order valence-corrected chi connectivity index (χ1v) is 8.08. The Morgan fingerprint density at radius 1 is 1.24 bits per heavy atom. The first kappa shape index (κ1) is 18.4. The Labute approximate surface area is 146 Å². The molecule has 1 amide bonds. The second-order valence-electron chi connectivity index (χ2n) is 6.01. The molecule has 1 aromatic carbocycles. The van der Waals surface area contributed by atoms with Crippen molar-refractivity contribution in [3.8, 4) is 5.75 Å². The highest BCUT2D eigenvalue weighted by Crippen LogP contribution is 2.16. The lowest BCUT2D eigenvalue weighted by atomic mass is 9.98. The number of hydrogen-bond acceptors (Lipinski definition) is 4. The van der Waals surface area contributed by atoms with E-state index in [0.29, 0.717) is 18.8 Å². The Hall–Kier alpha value is -2.89. The first-order chi connectivity index (χ1) is 11.9. The smallest absolute Gasteiger partial charge is 0.329 e. The summed E-state index contributed by atoms with van der Waals surface area (Å²) in [6, 6.07) is 11.0. The molecular formula is C19H22N2O4. The minimum absolute atomic E-state index is 0.0902. The van der Waals surface area contributed by atoms with Crippen LogP contribution in [0.15, 0.2) is 48.8 Å². The summed E-state index contributed by atoms with van der Waals surface area (Å²) in [6.07, 6.45) is 3.83. The fourth-order valence-electron chi connectivity index (χ4n) is 2.23. The largest absolute Gasteiger partial charge is 0.489 e. The number of nitrogens with zero attached hydrogens (tertiary/aromatic N) is 1. The molecule has 132 valence electrons. The number of carboxylic acid groups (broad SMARTS) is 1. The maximum absolute atomic E-state index is 12.2. The third kappa shape index (κ3) is 5.31. The van der Waals surface area contributed by atoms with Gasteiger partial charge in [-0.3, -0.25) is 9.78 Å². The van der Waals surface area contributed by atoms with E-state index >= 15 is 0 Å². The summed E-state index contributed by atoms with van der Waals surface area (Å²) in [6.45, 7) is 3.61. The molecule has 0 radical (unpaired) electrons. The van der Waals surface area contributed by atoms with Crippen molar-refractivity contribution in [2.45, 2.75) is 38.8 Å². The van der Waals surface area contributed by atoms with E-state index in [4.69, 9.17) is 4.74 Å². The van der Waals surface area contributed by atoms with Gasteiger partial charge in [0.25, 0.3) is 0 Å². The van der Waals surface area contributed by atoms with Crippen molar-refractivity contribution >= 4 is 11.9 Å². The van der Waals surface area contributed by atoms with E-state index < -0.39 is 11.5 Å². The van der Waals surface area contributed by atoms with Crippen LogP contribution in [0.25, 0.3) is 0 Å². The number of carbonyl (C=O) groups excluding carboxylic acids is 1. The summed E-state index contributed by atoms with van der Waals surface area (Å²) >= 11 is 0. The Morgan fingerprint density at radius 2 is 2.00 bits per heavy atom. The minimum Gasteiger partial charge on any atom is -0.489 e. The van der Waals surface area contributed by atoms with Gasteiger partial charge in [-0.1, -0.05) is 25.1 Å². The molecule has 1 unspecified atom stereocenters. The van der Waals surface area contributed by atoms with Crippen molar-refractivity contribution < 1.29 is 19.4 Å². The number of aromatic nitrogens is 1. The quantitative estimate of drug-likeness (QED) is 0.770. The van der Waals surface area contributed by atoms with Crippen LogP contribution in [-0.2, 0) is 22.6 Å². The molecular weight excluding hydrogens is 320 g/mol. The van der Waals surface area contributed by atoms with Crippen LogP contribution < -0.4 is 10.1 Å². The molecule has 1 aromatic heterocycles. The lowest BCUT2D eigenvalue weighted by Gasteiger charge is -2.24. The molecule has 0 saturated carbocycles. The van der Waals surface area contributed by atoms with Crippen LogP contribution in [-0.4, -0.2) is 27.5 Å². The van der Waals surface area contributed by atoms with E-state index in [1.807, 2.05) is 18.2 Å². The molecule has 2 N–H and O–H groups in total. The molecule has 2 aromatic rings. The van der Waals surface area contributed by atoms with E-state index in [0.717, 1.165) is 11.1 Å². The van der Waals surface area contributed by atoms with E-state index in [-0.39, 0.29) is 12.3 Å². The Bertz CT molecular complexity index is 733. The van der Waals surface area contributed by atoms with Gasteiger partial charge in [-0.2, -0.15) is 0 Å². The highest BCUT2D eigenvalue weighted by atomic mass is 16.5. The molecule has 0 spiro atoms. The third-order valence-corrected chi connectivity index (χ3v) is 3.99. The van der Waals surface area contributed by atoms with Crippen LogP contribution in [0.1, 0.15) is 31.4 Å². The second kappa shape index (κ2) is 8.28. The number of nitrogens with one attached hydrogen (secondary N) is 1. The molecule has 6 heteroatoms. The molecule has 0 saturated heterocycles. The summed E-state index contributed by atoms with van der Waals surface area (Å²) in [5.74, 6) is -0.737. The van der Waals surface area contributed by atoms with Gasteiger partial charge in [0.1, 0.15) is 17.9 Å². The maximum Gasteiger partial charge on any atom is 0.329 e. The Balaban J connectivity index is 1.96. The lowest BCUT2D eigenvalue weighted by Crippen LogP contribution is -2.52. The van der Waals surface area contributed by atoms with Crippen LogP contribution in [0.4, 0.5) is 0 Å². The van der Waals surface area contributed by atoms with Crippen LogP contribution in [0, 0.1) is 0 Å². The standard InChI is InChI=1S/C19H22N2O4/c1-3-19(2,18(23)24)21-17(22)11-14-6-4-8-16(10-14)25-13-15-7-5-9-20-12-15/h4-10,12H,3,11,13H2,1-2H3,(H,21,22)(H,23,24). The predicted octanol–water partition coefficient (Wildman–Crippen LogP) is 2.57. The number of carboxylic acids is 1. The number of pyridine rings is 1. The van der Waals surface area contributed by atoms with Gasteiger partial charge < -0.3 is 15.2 Å². The van der Waals surface area contributed by atoms with Crippen LogP contribution in [0.3, 0.4) is 0 Å². The lowest BCUT2D eigenvalue weighted by molar-refractivity contribution is -0.146. The monoisotopic (exact) mass is 342 g/mol. The molecule has 0 bridgehead atoms. The first-order valence-electron chi connectivity index (χ1n) is 8.08. The number of carbonyl (C=O) groups is 2.